The van der Waals surface area contributed by atoms with Crippen molar-refractivity contribution in [3.63, 3.8) is 0 Å². The molecule has 0 radical (unpaired) electrons. The van der Waals surface area contributed by atoms with Crippen LogP contribution in [-0.4, -0.2) is 18.6 Å². The lowest BCUT2D eigenvalue weighted by Gasteiger charge is -2.11. The number of nitriles is 1. The molecule has 0 spiro atoms. The van der Waals surface area contributed by atoms with Crippen molar-refractivity contribution in [1.29, 1.82) is 5.26 Å². The standard InChI is InChI=1S/C12H11BrN2O2/c13-9-4-3-8(7-14)6-10(9)15-12(16)11-2-1-5-17-11/h3-4,6,11H,1-2,5H2,(H,15,16)/t11-/m1/s1. The first kappa shape index (κ1) is 12.1. The summed E-state index contributed by atoms with van der Waals surface area (Å²) in [4.78, 5) is 11.8. The van der Waals surface area contributed by atoms with Crippen LogP contribution in [0.4, 0.5) is 5.69 Å². The Morgan fingerprint density at radius 1 is 1.59 bits per heavy atom. The third kappa shape index (κ3) is 2.84. The van der Waals surface area contributed by atoms with Crippen LogP contribution in [0.1, 0.15) is 18.4 Å². The van der Waals surface area contributed by atoms with Crippen molar-refractivity contribution in [3.05, 3.63) is 28.2 Å². The normalized spacial score (nSPS) is 18.7. The molecule has 1 aromatic rings. The number of nitrogens with zero attached hydrogens (tertiary/aromatic N) is 1. The summed E-state index contributed by atoms with van der Waals surface area (Å²) in [7, 11) is 0. The molecular weight excluding hydrogens is 284 g/mol. The first-order valence-corrected chi connectivity index (χ1v) is 6.12. The minimum absolute atomic E-state index is 0.154. The van der Waals surface area contributed by atoms with Gasteiger partial charge in [0.15, 0.2) is 0 Å². The van der Waals surface area contributed by atoms with Gasteiger partial charge in [-0.3, -0.25) is 4.79 Å². The van der Waals surface area contributed by atoms with Gasteiger partial charge >= 0.3 is 0 Å². The number of hydrogen-bond acceptors (Lipinski definition) is 3. The first-order chi connectivity index (χ1) is 8.20. The van der Waals surface area contributed by atoms with Crippen molar-refractivity contribution >= 4 is 27.5 Å². The van der Waals surface area contributed by atoms with Crippen LogP contribution in [0.5, 0.6) is 0 Å². The summed E-state index contributed by atoms with van der Waals surface area (Å²) in [6.07, 6.45) is 1.30. The molecule has 4 nitrogen and oxygen atoms in total. The van der Waals surface area contributed by atoms with E-state index in [1.807, 2.05) is 6.07 Å². The highest BCUT2D eigenvalue weighted by Crippen LogP contribution is 2.24. The lowest BCUT2D eigenvalue weighted by atomic mass is 10.2. The van der Waals surface area contributed by atoms with Gasteiger partial charge in [-0.15, -0.1) is 0 Å². The highest BCUT2D eigenvalue weighted by atomic mass is 79.9. The van der Waals surface area contributed by atoms with Crippen LogP contribution < -0.4 is 5.32 Å². The minimum Gasteiger partial charge on any atom is -0.368 e. The predicted octanol–water partition coefficient (Wildman–Crippen LogP) is 2.44. The Balaban J connectivity index is 2.12. The zero-order valence-electron chi connectivity index (χ0n) is 9.07. The number of anilines is 1. The molecule has 0 saturated carbocycles. The van der Waals surface area contributed by atoms with E-state index in [1.165, 1.54) is 0 Å². The number of nitrogens with one attached hydrogen (secondary N) is 1. The maximum atomic E-state index is 11.8. The molecule has 0 bridgehead atoms. The van der Waals surface area contributed by atoms with Crippen LogP contribution in [0.25, 0.3) is 0 Å². The maximum Gasteiger partial charge on any atom is 0.253 e. The second-order valence-corrected chi connectivity index (χ2v) is 4.65. The lowest BCUT2D eigenvalue weighted by molar-refractivity contribution is -0.124. The summed E-state index contributed by atoms with van der Waals surface area (Å²) < 4.78 is 6.04. The maximum absolute atomic E-state index is 11.8. The molecule has 88 valence electrons. The molecular formula is C12H11BrN2O2. The van der Waals surface area contributed by atoms with E-state index in [0.717, 1.165) is 17.3 Å². The van der Waals surface area contributed by atoms with Crippen molar-refractivity contribution in [2.24, 2.45) is 0 Å². The highest BCUT2D eigenvalue weighted by Gasteiger charge is 2.23. The van der Waals surface area contributed by atoms with Gasteiger partial charge in [-0.2, -0.15) is 5.26 Å². The van der Waals surface area contributed by atoms with Crippen LogP contribution >= 0.6 is 15.9 Å². The van der Waals surface area contributed by atoms with E-state index < -0.39 is 0 Å². The van der Waals surface area contributed by atoms with Crippen LogP contribution in [0, 0.1) is 11.3 Å². The molecule has 0 aliphatic carbocycles. The minimum atomic E-state index is -0.368. The molecule has 1 saturated heterocycles. The number of halogens is 1. The average Bonchev–Trinajstić information content (AvgIpc) is 2.85. The van der Waals surface area contributed by atoms with E-state index in [0.29, 0.717) is 17.9 Å². The summed E-state index contributed by atoms with van der Waals surface area (Å²) in [6.45, 7) is 0.636. The lowest BCUT2D eigenvalue weighted by Crippen LogP contribution is -2.27. The summed E-state index contributed by atoms with van der Waals surface area (Å²) in [5.41, 5.74) is 1.11. The quantitative estimate of drug-likeness (QED) is 0.911. The fourth-order valence-electron chi connectivity index (χ4n) is 1.69. The second kappa shape index (κ2) is 5.30. The van der Waals surface area contributed by atoms with Gasteiger partial charge in [-0.05, 0) is 47.0 Å². The number of carbonyl (C=O) groups is 1. The molecule has 2 rings (SSSR count). The molecule has 1 atom stereocenters. The molecule has 1 N–H and O–H groups in total. The monoisotopic (exact) mass is 294 g/mol. The number of hydrogen-bond donors (Lipinski definition) is 1. The Morgan fingerprint density at radius 3 is 3.06 bits per heavy atom. The van der Waals surface area contributed by atoms with E-state index in [4.69, 9.17) is 10.00 Å². The van der Waals surface area contributed by atoms with Crippen molar-refractivity contribution in [1.82, 2.24) is 0 Å². The number of amides is 1. The number of carbonyl (C=O) groups excluding carboxylic acids is 1. The van der Waals surface area contributed by atoms with Crippen molar-refractivity contribution < 1.29 is 9.53 Å². The zero-order chi connectivity index (χ0) is 12.3. The number of ether oxygens (including phenoxy) is 1. The number of benzene rings is 1. The van der Waals surface area contributed by atoms with Gasteiger partial charge in [0.05, 0.1) is 17.3 Å². The molecule has 1 amide bonds. The summed E-state index contributed by atoms with van der Waals surface area (Å²) in [6, 6.07) is 7.10. The van der Waals surface area contributed by atoms with E-state index in [-0.39, 0.29) is 12.0 Å². The highest BCUT2D eigenvalue weighted by molar-refractivity contribution is 9.10. The van der Waals surface area contributed by atoms with Gasteiger partial charge in [-0.1, -0.05) is 0 Å². The Hall–Kier alpha value is -1.38. The second-order valence-electron chi connectivity index (χ2n) is 3.80. The van der Waals surface area contributed by atoms with E-state index >= 15 is 0 Å². The topological polar surface area (TPSA) is 62.1 Å². The molecule has 1 heterocycles. The fourth-order valence-corrected chi connectivity index (χ4v) is 2.03. The van der Waals surface area contributed by atoms with Gasteiger partial charge in [0.1, 0.15) is 6.10 Å². The molecule has 1 aromatic carbocycles. The van der Waals surface area contributed by atoms with Crippen LogP contribution in [0.15, 0.2) is 22.7 Å². The Labute approximate surface area is 108 Å². The van der Waals surface area contributed by atoms with Gasteiger partial charge in [-0.25, -0.2) is 0 Å². The van der Waals surface area contributed by atoms with E-state index in [9.17, 15) is 4.79 Å². The molecule has 0 unspecified atom stereocenters. The summed E-state index contributed by atoms with van der Waals surface area (Å²) >= 11 is 3.33. The van der Waals surface area contributed by atoms with Gasteiger partial charge in [0.25, 0.3) is 5.91 Å². The summed E-state index contributed by atoms with van der Waals surface area (Å²) in [5.74, 6) is -0.154. The smallest absolute Gasteiger partial charge is 0.253 e. The Bertz CT molecular complexity index is 476. The fraction of sp³-hybridized carbons (Fsp3) is 0.333. The van der Waals surface area contributed by atoms with Gasteiger partial charge in [0.2, 0.25) is 0 Å². The van der Waals surface area contributed by atoms with Crippen molar-refractivity contribution in [3.8, 4) is 6.07 Å². The van der Waals surface area contributed by atoms with Gasteiger partial charge in [0, 0.05) is 11.1 Å². The SMILES string of the molecule is N#Cc1ccc(Br)c(NC(=O)[C@H]2CCCO2)c1. The first-order valence-electron chi connectivity index (χ1n) is 5.33. The Morgan fingerprint density at radius 2 is 2.41 bits per heavy atom. The van der Waals surface area contributed by atoms with Crippen LogP contribution in [0.2, 0.25) is 0 Å². The molecule has 5 heteroatoms. The number of rotatable bonds is 2. The van der Waals surface area contributed by atoms with Crippen LogP contribution in [-0.2, 0) is 9.53 Å². The third-order valence-corrected chi connectivity index (χ3v) is 3.27. The molecule has 17 heavy (non-hydrogen) atoms. The Kier molecular flexibility index (Phi) is 3.77. The third-order valence-electron chi connectivity index (χ3n) is 2.58. The molecule has 1 aliphatic heterocycles. The van der Waals surface area contributed by atoms with E-state index in [1.54, 1.807) is 18.2 Å². The molecule has 1 aliphatic rings. The van der Waals surface area contributed by atoms with Crippen LogP contribution in [0.3, 0.4) is 0 Å². The molecule has 1 fully saturated rings. The molecule has 0 aromatic heterocycles. The largest absolute Gasteiger partial charge is 0.368 e. The van der Waals surface area contributed by atoms with Crippen molar-refractivity contribution in [2.75, 3.05) is 11.9 Å². The average molecular weight is 295 g/mol. The van der Waals surface area contributed by atoms with E-state index in [2.05, 4.69) is 21.2 Å². The van der Waals surface area contributed by atoms with Gasteiger partial charge < -0.3 is 10.1 Å². The predicted molar refractivity (Wildman–Crippen MR) is 66.5 cm³/mol. The van der Waals surface area contributed by atoms with Crippen molar-refractivity contribution in [2.45, 2.75) is 18.9 Å². The summed E-state index contributed by atoms with van der Waals surface area (Å²) in [5, 5.41) is 11.6. The zero-order valence-corrected chi connectivity index (χ0v) is 10.7.